The molecule has 0 bridgehead atoms. The first-order chi connectivity index (χ1) is 8.93. The van der Waals surface area contributed by atoms with Gasteiger partial charge in [-0.1, -0.05) is 24.6 Å². The van der Waals surface area contributed by atoms with E-state index in [4.69, 9.17) is 17.3 Å². The summed E-state index contributed by atoms with van der Waals surface area (Å²) in [5, 5.41) is 5.61. The average molecular weight is 284 g/mol. The zero-order chi connectivity index (χ0) is 14.4. The van der Waals surface area contributed by atoms with Crippen LogP contribution >= 0.6 is 11.6 Å². The zero-order valence-corrected chi connectivity index (χ0v) is 11.8. The van der Waals surface area contributed by atoms with Crippen LogP contribution in [-0.4, -0.2) is 24.9 Å². The van der Waals surface area contributed by atoms with E-state index >= 15 is 0 Å². The van der Waals surface area contributed by atoms with E-state index in [1.54, 1.807) is 19.1 Å². The van der Waals surface area contributed by atoms with Gasteiger partial charge in [-0.25, -0.2) is 0 Å². The minimum Gasteiger partial charge on any atom is -0.347 e. The Morgan fingerprint density at radius 2 is 2.11 bits per heavy atom. The number of hydrogen-bond acceptors (Lipinski definition) is 3. The van der Waals surface area contributed by atoms with Crippen LogP contribution in [0.3, 0.4) is 0 Å². The van der Waals surface area contributed by atoms with Crippen molar-refractivity contribution in [3.05, 3.63) is 28.8 Å². The minimum atomic E-state index is -0.330. The summed E-state index contributed by atoms with van der Waals surface area (Å²) in [4.78, 5) is 23.1. The molecule has 1 unspecified atom stereocenters. The van der Waals surface area contributed by atoms with Crippen molar-refractivity contribution < 1.29 is 9.59 Å². The van der Waals surface area contributed by atoms with E-state index < -0.39 is 0 Å². The molecule has 0 saturated carbocycles. The third kappa shape index (κ3) is 4.89. The minimum absolute atomic E-state index is 0.104. The van der Waals surface area contributed by atoms with Crippen molar-refractivity contribution in [1.82, 2.24) is 5.32 Å². The number of carbonyl (C=O) groups excluding carboxylic acids is 2. The van der Waals surface area contributed by atoms with Gasteiger partial charge in [0, 0.05) is 12.5 Å². The van der Waals surface area contributed by atoms with Crippen LogP contribution in [0.5, 0.6) is 0 Å². The summed E-state index contributed by atoms with van der Waals surface area (Å²) in [5.41, 5.74) is 6.89. The van der Waals surface area contributed by atoms with Crippen LogP contribution in [-0.2, 0) is 9.59 Å². The van der Waals surface area contributed by atoms with E-state index in [1.807, 2.05) is 13.0 Å². The van der Waals surface area contributed by atoms with Gasteiger partial charge in [0.2, 0.25) is 11.8 Å². The van der Waals surface area contributed by atoms with Gasteiger partial charge in [-0.3, -0.25) is 9.59 Å². The number of rotatable bonds is 5. The van der Waals surface area contributed by atoms with Crippen molar-refractivity contribution in [2.45, 2.75) is 13.8 Å². The van der Waals surface area contributed by atoms with E-state index in [9.17, 15) is 9.59 Å². The van der Waals surface area contributed by atoms with Crippen LogP contribution in [0.2, 0.25) is 5.02 Å². The molecule has 5 nitrogen and oxygen atoms in total. The van der Waals surface area contributed by atoms with Crippen LogP contribution in [0.15, 0.2) is 18.2 Å². The first-order valence-electron chi connectivity index (χ1n) is 5.97. The largest absolute Gasteiger partial charge is 0.347 e. The Morgan fingerprint density at radius 1 is 1.42 bits per heavy atom. The molecule has 6 heteroatoms. The number of amides is 2. The highest BCUT2D eigenvalue weighted by Gasteiger charge is 2.12. The lowest BCUT2D eigenvalue weighted by Gasteiger charge is -2.11. The molecule has 0 aliphatic carbocycles. The second kappa shape index (κ2) is 7.11. The lowest BCUT2D eigenvalue weighted by Crippen LogP contribution is -2.38. The maximum atomic E-state index is 11.6. The third-order valence-corrected chi connectivity index (χ3v) is 2.94. The molecule has 4 N–H and O–H groups in total. The SMILES string of the molecule is Cc1ccc(NC(=O)CNC(=O)C(C)CN)c(Cl)c1. The van der Waals surface area contributed by atoms with Crippen LogP contribution in [0.1, 0.15) is 12.5 Å². The fourth-order valence-electron chi connectivity index (χ4n) is 1.36. The van der Waals surface area contributed by atoms with Gasteiger partial charge in [0.05, 0.1) is 17.3 Å². The molecular weight excluding hydrogens is 266 g/mol. The monoisotopic (exact) mass is 283 g/mol. The molecule has 1 rings (SSSR count). The van der Waals surface area contributed by atoms with Gasteiger partial charge in [-0.15, -0.1) is 0 Å². The summed E-state index contributed by atoms with van der Waals surface area (Å²) >= 11 is 5.99. The van der Waals surface area contributed by atoms with Gasteiger partial charge in [-0.05, 0) is 24.6 Å². The molecule has 1 aromatic rings. The summed E-state index contributed by atoms with van der Waals surface area (Å²) < 4.78 is 0. The highest BCUT2D eigenvalue weighted by molar-refractivity contribution is 6.33. The molecule has 0 aromatic heterocycles. The van der Waals surface area contributed by atoms with Crippen molar-refractivity contribution in [2.24, 2.45) is 11.7 Å². The van der Waals surface area contributed by atoms with Crippen LogP contribution in [0.25, 0.3) is 0 Å². The number of aryl methyl sites for hydroxylation is 1. The van der Waals surface area contributed by atoms with Crippen molar-refractivity contribution in [3.8, 4) is 0 Å². The summed E-state index contributed by atoms with van der Waals surface area (Å²) in [6.07, 6.45) is 0. The highest BCUT2D eigenvalue weighted by atomic mass is 35.5. The van der Waals surface area contributed by atoms with Gasteiger partial charge in [0.15, 0.2) is 0 Å². The molecule has 0 aliphatic heterocycles. The number of nitrogens with two attached hydrogens (primary N) is 1. The van der Waals surface area contributed by atoms with Gasteiger partial charge < -0.3 is 16.4 Å². The van der Waals surface area contributed by atoms with E-state index in [0.29, 0.717) is 10.7 Å². The first-order valence-corrected chi connectivity index (χ1v) is 6.35. The molecule has 0 fully saturated rings. The van der Waals surface area contributed by atoms with Crippen LogP contribution in [0, 0.1) is 12.8 Å². The second-order valence-electron chi connectivity index (χ2n) is 4.39. The lowest BCUT2D eigenvalue weighted by molar-refractivity contribution is -0.126. The van der Waals surface area contributed by atoms with Gasteiger partial charge in [-0.2, -0.15) is 0 Å². The topological polar surface area (TPSA) is 84.2 Å². The van der Waals surface area contributed by atoms with E-state index in [2.05, 4.69) is 10.6 Å². The molecule has 19 heavy (non-hydrogen) atoms. The van der Waals surface area contributed by atoms with Crippen LogP contribution in [0.4, 0.5) is 5.69 Å². The molecule has 0 saturated heterocycles. The normalized spacial score (nSPS) is 11.8. The summed E-state index contributed by atoms with van der Waals surface area (Å²) in [6, 6.07) is 5.32. The summed E-state index contributed by atoms with van der Waals surface area (Å²) in [6.45, 7) is 3.75. The molecular formula is C13H18ClN3O2. The molecule has 0 radical (unpaired) electrons. The van der Waals surface area contributed by atoms with E-state index in [-0.39, 0.29) is 30.8 Å². The van der Waals surface area contributed by atoms with Gasteiger partial charge in [0.1, 0.15) is 0 Å². The Bertz CT molecular complexity index is 477. The molecule has 1 atom stereocenters. The third-order valence-electron chi connectivity index (χ3n) is 2.62. The predicted octanol–water partition coefficient (Wildman–Crippen LogP) is 1.30. The van der Waals surface area contributed by atoms with E-state index in [0.717, 1.165) is 5.56 Å². The Hall–Kier alpha value is -1.59. The van der Waals surface area contributed by atoms with Gasteiger partial charge >= 0.3 is 0 Å². The highest BCUT2D eigenvalue weighted by Crippen LogP contribution is 2.22. The second-order valence-corrected chi connectivity index (χ2v) is 4.79. The van der Waals surface area contributed by atoms with Crippen molar-refractivity contribution in [2.75, 3.05) is 18.4 Å². The Labute approximate surface area is 117 Å². The number of halogens is 1. The quantitative estimate of drug-likeness (QED) is 0.761. The molecule has 2 amide bonds. The number of anilines is 1. The Morgan fingerprint density at radius 3 is 2.68 bits per heavy atom. The van der Waals surface area contributed by atoms with Crippen molar-refractivity contribution in [1.29, 1.82) is 0 Å². The molecule has 0 heterocycles. The van der Waals surface area contributed by atoms with Crippen molar-refractivity contribution >= 4 is 29.1 Å². The van der Waals surface area contributed by atoms with Crippen molar-refractivity contribution in [3.63, 3.8) is 0 Å². The van der Waals surface area contributed by atoms with Gasteiger partial charge in [0.25, 0.3) is 0 Å². The smallest absolute Gasteiger partial charge is 0.243 e. The summed E-state index contributed by atoms with van der Waals surface area (Å²) in [7, 11) is 0. The summed E-state index contributed by atoms with van der Waals surface area (Å²) in [5.74, 6) is -0.883. The average Bonchev–Trinajstić information content (AvgIpc) is 2.38. The molecule has 104 valence electrons. The fourth-order valence-corrected chi connectivity index (χ4v) is 1.65. The zero-order valence-electron chi connectivity index (χ0n) is 11.0. The molecule has 1 aromatic carbocycles. The fraction of sp³-hybridized carbons (Fsp3) is 0.385. The molecule has 0 spiro atoms. The standard InChI is InChI=1S/C13H18ClN3O2/c1-8-3-4-11(10(14)5-8)17-12(18)7-16-13(19)9(2)6-15/h3-5,9H,6-7,15H2,1-2H3,(H,16,19)(H,17,18). The Kier molecular flexibility index (Phi) is 5.79. The first kappa shape index (κ1) is 15.5. The predicted molar refractivity (Wildman–Crippen MR) is 76.0 cm³/mol. The lowest BCUT2D eigenvalue weighted by atomic mass is 10.2. The van der Waals surface area contributed by atoms with Crippen LogP contribution < -0.4 is 16.4 Å². The van der Waals surface area contributed by atoms with E-state index in [1.165, 1.54) is 0 Å². The molecule has 0 aliphatic rings. The maximum absolute atomic E-state index is 11.6. The number of carbonyl (C=O) groups is 2. The number of hydrogen-bond donors (Lipinski definition) is 3. The number of nitrogens with one attached hydrogen (secondary N) is 2. The Balaban J connectivity index is 2.49. The number of benzene rings is 1. The maximum Gasteiger partial charge on any atom is 0.243 e.